The van der Waals surface area contributed by atoms with Crippen molar-refractivity contribution in [2.75, 3.05) is 26.4 Å². The number of unbranched alkanes of at least 4 members (excludes halogenated alkanes) is 7. The molecule has 0 spiro atoms. The molecule has 0 aromatic heterocycles. The first-order chi connectivity index (χ1) is 17.8. The third-order valence-corrected chi connectivity index (χ3v) is 6.11. The van der Waals surface area contributed by atoms with Crippen molar-refractivity contribution in [3.05, 3.63) is 36.5 Å². The van der Waals surface area contributed by atoms with Crippen LogP contribution in [0.3, 0.4) is 0 Å². The summed E-state index contributed by atoms with van der Waals surface area (Å²) in [7, 11) is -4.36. The Kier molecular flexibility index (Phi) is 23.4. The maximum absolute atomic E-state index is 11.8. The summed E-state index contributed by atoms with van der Waals surface area (Å²) in [5.74, 6) is -0.712. The summed E-state index contributed by atoms with van der Waals surface area (Å²) >= 11 is 0. The number of carbonyl (C=O) groups excluding carboxylic acids is 2. The largest absolute Gasteiger partial charge is 0.472 e. The molecule has 9 nitrogen and oxygen atoms in total. The zero-order chi connectivity index (χ0) is 27.6. The predicted molar refractivity (Wildman–Crippen MR) is 146 cm³/mol. The van der Waals surface area contributed by atoms with E-state index in [4.69, 9.17) is 4.74 Å². The van der Waals surface area contributed by atoms with E-state index in [1.165, 1.54) is 26.2 Å². The van der Waals surface area contributed by atoms with E-state index < -0.39 is 26.5 Å². The highest BCUT2D eigenvalue weighted by molar-refractivity contribution is 7.47. The summed E-state index contributed by atoms with van der Waals surface area (Å²) in [6.45, 7) is 2.43. The minimum atomic E-state index is -4.36. The fraction of sp³-hybridized carbons (Fsp3) is 0.704. The van der Waals surface area contributed by atoms with Gasteiger partial charge in [-0.3, -0.25) is 18.6 Å². The maximum atomic E-state index is 11.8. The summed E-state index contributed by atoms with van der Waals surface area (Å²) in [6.07, 6.45) is 24.0. The Morgan fingerprint density at radius 3 is 2.11 bits per heavy atom. The van der Waals surface area contributed by atoms with Gasteiger partial charge in [-0.2, -0.15) is 0 Å². The Morgan fingerprint density at radius 2 is 1.46 bits per heavy atom. The zero-order valence-corrected chi connectivity index (χ0v) is 23.5. The molecule has 0 bridgehead atoms. The highest BCUT2D eigenvalue weighted by atomic mass is 31.2. The van der Waals surface area contributed by atoms with Crippen LogP contribution in [0.2, 0.25) is 0 Å². The number of aliphatic hydroxyl groups excluding tert-OH is 1. The number of nitrogens with one attached hydrogen (secondary N) is 1. The molecule has 0 fully saturated rings. The number of esters is 1. The quantitative estimate of drug-likeness (QED) is 0.0624. The molecule has 0 aliphatic carbocycles. The summed E-state index contributed by atoms with van der Waals surface area (Å²) in [5, 5.41) is 12.2. The van der Waals surface area contributed by atoms with Crippen LogP contribution in [0.5, 0.6) is 0 Å². The molecule has 0 radical (unpaired) electrons. The van der Waals surface area contributed by atoms with Crippen LogP contribution >= 0.6 is 7.82 Å². The second-order valence-electron chi connectivity index (χ2n) is 8.72. The van der Waals surface area contributed by atoms with Crippen LogP contribution in [-0.2, 0) is 27.9 Å². The number of phosphoric ester groups is 1. The lowest BCUT2D eigenvalue weighted by atomic mass is 10.1. The summed E-state index contributed by atoms with van der Waals surface area (Å²) in [5.41, 5.74) is 0. The average Bonchev–Trinajstić information content (AvgIpc) is 2.86. The molecular weight excluding hydrogens is 497 g/mol. The first-order valence-electron chi connectivity index (χ1n) is 13.4. The molecule has 0 rings (SSSR count). The van der Waals surface area contributed by atoms with Gasteiger partial charge in [-0.1, -0.05) is 75.5 Å². The Labute approximate surface area is 223 Å². The van der Waals surface area contributed by atoms with Crippen molar-refractivity contribution in [1.29, 1.82) is 0 Å². The van der Waals surface area contributed by atoms with E-state index in [1.807, 2.05) is 0 Å². The van der Waals surface area contributed by atoms with E-state index in [1.54, 1.807) is 0 Å². The zero-order valence-electron chi connectivity index (χ0n) is 22.6. The van der Waals surface area contributed by atoms with E-state index >= 15 is 0 Å². The molecule has 1 amide bonds. The molecule has 0 aliphatic rings. The Balaban J connectivity index is 3.58. The number of phosphoric acid groups is 1. The van der Waals surface area contributed by atoms with E-state index in [9.17, 15) is 24.2 Å². The van der Waals surface area contributed by atoms with E-state index in [-0.39, 0.29) is 32.1 Å². The normalized spacial score (nSPS) is 14.4. The van der Waals surface area contributed by atoms with Crippen LogP contribution in [-0.4, -0.2) is 54.3 Å². The third-order valence-electron chi connectivity index (χ3n) is 5.13. The first kappa shape index (κ1) is 35.2. The van der Waals surface area contributed by atoms with Crippen molar-refractivity contribution in [1.82, 2.24) is 5.32 Å². The van der Waals surface area contributed by atoms with Crippen LogP contribution in [0.1, 0.15) is 90.9 Å². The van der Waals surface area contributed by atoms with Gasteiger partial charge in [0.1, 0.15) is 12.7 Å². The van der Waals surface area contributed by atoms with Gasteiger partial charge in [-0.05, 0) is 38.5 Å². The van der Waals surface area contributed by atoms with E-state index in [2.05, 4.69) is 57.7 Å². The van der Waals surface area contributed by atoms with E-state index in [0.717, 1.165) is 51.4 Å². The Bertz CT molecular complexity index is 723. The van der Waals surface area contributed by atoms with Crippen LogP contribution in [0.15, 0.2) is 36.5 Å². The number of aliphatic hydroxyl groups is 1. The molecule has 3 N–H and O–H groups in total. The van der Waals surface area contributed by atoms with Crippen LogP contribution in [0.4, 0.5) is 0 Å². The second-order valence-corrected chi connectivity index (χ2v) is 10.2. The third kappa shape index (κ3) is 27.1. The molecule has 0 heterocycles. The molecule has 2 unspecified atom stereocenters. The SMILES string of the molecule is CC/C=C\C/C=C\C/C=C\CCCCCCCCCC(=O)OCC(O)COP(=O)(O)OCCNC(C)=O. The standard InChI is InChI=1S/C27H48NO8P/c1-3-4-5-6-7-8-9-10-11-12-13-14-15-16-17-18-19-20-27(31)34-23-26(30)24-36-37(32,33)35-22-21-28-25(2)29/h4-5,7-8,10-11,26,30H,3,6,9,12-24H2,1-2H3,(H,28,29)(H,32,33)/b5-4-,8-7-,11-10-. The Morgan fingerprint density at radius 1 is 0.865 bits per heavy atom. The number of carbonyl (C=O) groups is 2. The molecule has 10 heteroatoms. The highest BCUT2D eigenvalue weighted by Crippen LogP contribution is 2.42. The lowest BCUT2D eigenvalue weighted by Gasteiger charge is -2.15. The minimum Gasteiger partial charge on any atom is -0.463 e. The van der Waals surface area contributed by atoms with Gasteiger partial charge in [0.05, 0.1) is 13.2 Å². The number of hydrogen-bond acceptors (Lipinski definition) is 7. The Hall–Kier alpha value is -1.77. The van der Waals surface area contributed by atoms with Crippen molar-refractivity contribution < 1.29 is 37.9 Å². The molecule has 2 atom stereocenters. The molecule has 0 aromatic rings. The molecule has 0 saturated heterocycles. The summed E-state index contributed by atoms with van der Waals surface area (Å²) in [4.78, 5) is 32.0. The first-order valence-corrected chi connectivity index (χ1v) is 14.9. The number of hydrogen-bond donors (Lipinski definition) is 3. The van der Waals surface area contributed by atoms with Gasteiger partial charge in [0.15, 0.2) is 0 Å². The predicted octanol–water partition coefficient (Wildman–Crippen LogP) is 5.53. The molecular formula is C27H48NO8P. The fourth-order valence-electron chi connectivity index (χ4n) is 3.16. The maximum Gasteiger partial charge on any atom is 0.472 e. The summed E-state index contributed by atoms with van der Waals surface area (Å²) < 4.78 is 25.9. The van der Waals surface area contributed by atoms with Gasteiger partial charge >= 0.3 is 13.8 Å². The second kappa shape index (κ2) is 24.6. The van der Waals surface area contributed by atoms with Gasteiger partial charge in [0.25, 0.3) is 0 Å². The van der Waals surface area contributed by atoms with Crippen LogP contribution in [0.25, 0.3) is 0 Å². The van der Waals surface area contributed by atoms with Gasteiger partial charge in [-0.15, -0.1) is 0 Å². The lowest BCUT2D eigenvalue weighted by molar-refractivity contribution is -0.147. The topological polar surface area (TPSA) is 131 Å². The van der Waals surface area contributed by atoms with Crippen molar-refractivity contribution in [2.24, 2.45) is 0 Å². The monoisotopic (exact) mass is 545 g/mol. The summed E-state index contributed by atoms with van der Waals surface area (Å²) in [6, 6.07) is 0. The van der Waals surface area contributed by atoms with Crippen molar-refractivity contribution in [2.45, 2.75) is 97.0 Å². The van der Waals surface area contributed by atoms with Gasteiger partial charge in [0, 0.05) is 19.9 Å². The highest BCUT2D eigenvalue weighted by Gasteiger charge is 2.23. The number of ether oxygens (including phenoxy) is 1. The van der Waals surface area contributed by atoms with Crippen molar-refractivity contribution >= 4 is 19.7 Å². The number of allylic oxidation sites excluding steroid dienone is 6. The number of amides is 1. The molecule has 0 aromatic carbocycles. The molecule has 0 saturated carbocycles. The smallest absolute Gasteiger partial charge is 0.463 e. The molecule has 0 aliphatic heterocycles. The van der Waals surface area contributed by atoms with Crippen LogP contribution in [0, 0.1) is 0 Å². The van der Waals surface area contributed by atoms with Gasteiger partial charge < -0.3 is 20.1 Å². The van der Waals surface area contributed by atoms with Gasteiger partial charge in [-0.25, -0.2) is 4.57 Å². The minimum absolute atomic E-state index is 0.0527. The fourth-order valence-corrected chi connectivity index (χ4v) is 3.91. The van der Waals surface area contributed by atoms with E-state index in [0.29, 0.717) is 0 Å². The molecule has 214 valence electrons. The van der Waals surface area contributed by atoms with Crippen molar-refractivity contribution in [3.63, 3.8) is 0 Å². The average molecular weight is 546 g/mol. The lowest BCUT2D eigenvalue weighted by Crippen LogP contribution is -2.25. The number of rotatable bonds is 24. The van der Waals surface area contributed by atoms with Crippen LogP contribution < -0.4 is 5.32 Å². The van der Waals surface area contributed by atoms with Crippen molar-refractivity contribution in [3.8, 4) is 0 Å². The van der Waals surface area contributed by atoms with Gasteiger partial charge in [0.2, 0.25) is 5.91 Å². The molecule has 37 heavy (non-hydrogen) atoms.